The van der Waals surface area contributed by atoms with Crippen LogP contribution in [0.3, 0.4) is 0 Å². The quantitative estimate of drug-likeness (QED) is 0.635. The minimum Gasteiger partial charge on any atom is -0.368 e. The summed E-state index contributed by atoms with van der Waals surface area (Å²) >= 11 is 0. The molecule has 3 N–H and O–H groups in total. The number of rotatable bonds is 3. The first-order valence-electron chi connectivity index (χ1n) is 5.42. The largest absolute Gasteiger partial charge is 0.368 e. The summed E-state index contributed by atoms with van der Waals surface area (Å²) in [6.45, 7) is 6.53. The maximum absolute atomic E-state index is 11.0. The number of carbonyl (C=O) groups excluding carboxylic acids is 1. The highest BCUT2D eigenvalue weighted by molar-refractivity contribution is 5.80. The highest BCUT2D eigenvalue weighted by Crippen LogP contribution is 2.23. The van der Waals surface area contributed by atoms with Crippen LogP contribution in [0.25, 0.3) is 0 Å². The number of carbonyl (C=O) groups is 1. The van der Waals surface area contributed by atoms with E-state index in [9.17, 15) is 4.79 Å². The monoisotopic (exact) mass is 197 g/mol. The van der Waals surface area contributed by atoms with Crippen molar-refractivity contribution in [2.45, 2.75) is 19.4 Å². The second-order valence-corrected chi connectivity index (χ2v) is 4.60. The van der Waals surface area contributed by atoms with Gasteiger partial charge in [-0.1, -0.05) is 6.92 Å². The molecule has 14 heavy (non-hydrogen) atoms. The first-order chi connectivity index (χ1) is 6.68. The minimum absolute atomic E-state index is 0.0165. The van der Waals surface area contributed by atoms with E-state index in [1.165, 1.54) is 0 Å². The zero-order valence-electron chi connectivity index (χ0n) is 8.70. The van der Waals surface area contributed by atoms with Crippen molar-refractivity contribution in [2.75, 3.05) is 26.2 Å². The summed E-state index contributed by atoms with van der Waals surface area (Å²) in [5, 5.41) is 3.38. The summed E-state index contributed by atoms with van der Waals surface area (Å²) in [7, 11) is 0. The van der Waals surface area contributed by atoms with E-state index in [4.69, 9.17) is 5.73 Å². The standard InChI is InChI=1S/C10H19N3O/c1-7-4-12-5-8(7)6-13-3-2-9(13)10(11)14/h7-9,12H,2-6H2,1H3,(H2,11,14)/t7-,8+,9?/m1/s1. The number of nitrogens with zero attached hydrogens (tertiary/aromatic N) is 1. The summed E-state index contributed by atoms with van der Waals surface area (Å²) in [6.07, 6.45) is 0.948. The summed E-state index contributed by atoms with van der Waals surface area (Å²) in [5.41, 5.74) is 5.30. The van der Waals surface area contributed by atoms with Crippen molar-refractivity contribution in [1.29, 1.82) is 0 Å². The van der Waals surface area contributed by atoms with Crippen LogP contribution in [-0.2, 0) is 4.79 Å². The van der Waals surface area contributed by atoms with Crippen LogP contribution >= 0.6 is 0 Å². The molecular formula is C10H19N3O. The molecule has 2 fully saturated rings. The number of hydrogen-bond donors (Lipinski definition) is 2. The third-order valence-corrected chi connectivity index (χ3v) is 3.61. The number of hydrogen-bond acceptors (Lipinski definition) is 3. The first-order valence-corrected chi connectivity index (χ1v) is 5.42. The van der Waals surface area contributed by atoms with Crippen molar-refractivity contribution in [3.63, 3.8) is 0 Å². The molecule has 0 aromatic heterocycles. The van der Waals surface area contributed by atoms with Gasteiger partial charge in [-0.25, -0.2) is 0 Å². The van der Waals surface area contributed by atoms with Crippen molar-refractivity contribution >= 4 is 5.91 Å². The third kappa shape index (κ3) is 1.77. The van der Waals surface area contributed by atoms with E-state index in [-0.39, 0.29) is 11.9 Å². The third-order valence-electron chi connectivity index (χ3n) is 3.61. The van der Waals surface area contributed by atoms with Gasteiger partial charge < -0.3 is 11.1 Å². The Labute approximate surface area is 84.8 Å². The van der Waals surface area contributed by atoms with Gasteiger partial charge in [0, 0.05) is 13.1 Å². The lowest BCUT2D eigenvalue weighted by molar-refractivity contribution is -0.127. The van der Waals surface area contributed by atoms with E-state index in [0.717, 1.165) is 38.5 Å². The Morgan fingerprint density at radius 2 is 2.36 bits per heavy atom. The predicted octanol–water partition coefficient (Wildman–Crippen LogP) is -0.598. The molecule has 0 aromatic carbocycles. The van der Waals surface area contributed by atoms with Crippen LogP contribution in [0, 0.1) is 11.8 Å². The number of nitrogens with two attached hydrogens (primary N) is 1. The fraction of sp³-hybridized carbons (Fsp3) is 0.900. The summed E-state index contributed by atoms with van der Waals surface area (Å²) in [6, 6.07) is 0.0165. The van der Waals surface area contributed by atoms with Gasteiger partial charge >= 0.3 is 0 Å². The molecule has 0 radical (unpaired) electrons. The number of nitrogens with one attached hydrogen (secondary N) is 1. The first kappa shape index (κ1) is 9.93. The lowest BCUT2D eigenvalue weighted by Gasteiger charge is -2.40. The molecule has 4 nitrogen and oxygen atoms in total. The van der Waals surface area contributed by atoms with E-state index in [2.05, 4.69) is 17.1 Å². The topological polar surface area (TPSA) is 58.4 Å². The average Bonchev–Trinajstić information content (AvgIpc) is 2.44. The van der Waals surface area contributed by atoms with Crippen molar-refractivity contribution in [1.82, 2.24) is 10.2 Å². The van der Waals surface area contributed by atoms with Crippen LogP contribution in [-0.4, -0.2) is 43.0 Å². The van der Waals surface area contributed by atoms with Gasteiger partial charge in [0.15, 0.2) is 0 Å². The zero-order valence-corrected chi connectivity index (χ0v) is 8.70. The van der Waals surface area contributed by atoms with Crippen LogP contribution in [0.4, 0.5) is 0 Å². The number of likely N-dealkylation sites (tertiary alicyclic amines) is 1. The van der Waals surface area contributed by atoms with Crippen molar-refractivity contribution in [2.24, 2.45) is 17.6 Å². The van der Waals surface area contributed by atoms with E-state index in [0.29, 0.717) is 5.92 Å². The molecule has 2 aliphatic heterocycles. The minimum atomic E-state index is -0.158. The highest BCUT2D eigenvalue weighted by atomic mass is 16.1. The van der Waals surface area contributed by atoms with Gasteiger partial charge in [0.05, 0.1) is 6.04 Å². The van der Waals surface area contributed by atoms with Crippen LogP contribution in [0.15, 0.2) is 0 Å². The highest BCUT2D eigenvalue weighted by Gasteiger charge is 2.35. The normalized spacial score (nSPS) is 38.2. The molecule has 0 bridgehead atoms. The molecule has 0 saturated carbocycles. The predicted molar refractivity (Wildman–Crippen MR) is 54.7 cm³/mol. The fourth-order valence-corrected chi connectivity index (χ4v) is 2.39. The van der Waals surface area contributed by atoms with Gasteiger partial charge in [-0.2, -0.15) is 0 Å². The Bertz CT molecular complexity index is 231. The van der Waals surface area contributed by atoms with Gasteiger partial charge in [0.1, 0.15) is 0 Å². The van der Waals surface area contributed by atoms with Gasteiger partial charge in [-0.3, -0.25) is 9.69 Å². The molecule has 4 heteroatoms. The van der Waals surface area contributed by atoms with E-state index < -0.39 is 0 Å². The summed E-state index contributed by atoms with van der Waals surface area (Å²) < 4.78 is 0. The molecule has 1 amide bonds. The van der Waals surface area contributed by atoms with Crippen molar-refractivity contribution in [3.05, 3.63) is 0 Å². The van der Waals surface area contributed by atoms with E-state index >= 15 is 0 Å². The van der Waals surface area contributed by atoms with Gasteiger partial charge in [-0.15, -0.1) is 0 Å². The molecule has 80 valence electrons. The maximum atomic E-state index is 11.0. The van der Waals surface area contributed by atoms with Crippen LogP contribution in [0.2, 0.25) is 0 Å². The Hall–Kier alpha value is -0.610. The van der Waals surface area contributed by atoms with Gasteiger partial charge in [0.2, 0.25) is 5.91 Å². The Balaban J connectivity index is 1.83. The zero-order chi connectivity index (χ0) is 10.1. The second kappa shape index (κ2) is 3.87. The molecule has 2 aliphatic rings. The second-order valence-electron chi connectivity index (χ2n) is 4.60. The van der Waals surface area contributed by atoms with Crippen LogP contribution in [0.5, 0.6) is 0 Å². The number of amides is 1. The summed E-state index contributed by atoms with van der Waals surface area (Å²) in [4.78, 5) is 13.2. The average molecular weight is 197 g/mol. The maximum Gasteiger partial charge on any atom is 0.234 e. The Morgan fingerprint density at radius 3 is 2.79 bits per heavy atom. The number of primary amides is 1. The molecular weight excluding hydrogens is 178 g/mol. The van der Waals surface area contributed by atoms with E-state index in [1.807, 2.05) is 0 Å². The Kier molecular flexibility index (Phi) is 2.74. The molecule has 1 unspecified atom stereocenters. The SMILES string of the molecule is C[C@@H]1CNC[C@H]1CN1CCC1C(N)=O. The lowest BCUT2D eigenvalue weighted by atomic mass is 9.93. The van der Waals surface area contributed by atoms with Crippen LogP contribution < -0.4 is 11.1 Å². The molecule has 0 aliphatic carbocycles. The van der Waals surface area contributed by atoms with Crippen molar-refractivity contribution in [3.8, 4) is 0 Å². The smallest absolute Gasteiger partial charge is 0.234 e. The van der Waals surface area contributed by atoms with Crippen molar-refractivity contribution < 1.29 is 4.79 Å². The lowest BCUT2D eigenvalue weighted by Crippen LogP contribution is -2.56. The van der Waals surface area contributed by atoms with Gasteiger partial charge in [-0.05, 0) is 31.3 Å². The molecule has 3 atom stereocenters. The fourth-order valence-electron chi connectivity index (χ4n) is 2.39. The Morgan fingerprint density at radius 1 is 1.57 bits per heavy atom. The van der Waals surface area contributed by atoms with E-state index in [1.54, 1.807) is 0 Å². The molecule has 2 saturated heterocycles. The summed E-state index contributed by atoms with van der Waals surface area (Å²) in [5.74, 6) is 1.26. The molecule has 0 aromatic rings. The molecule has 2 heterocycles. The molecule has 2 rings (SSSR count). The van der Waals surface area contributed by atoms with Gasteiger partial charge in [0.25, 0.3) is 0 Å². The molecule has 0 spiro atoms. The van der Waals surface area contributed by atoms with Crippen LogP contribution in [0.1, 0.15) is 13.3 Å².